The minimum atomic E-state index is -1.51. The fourth-order valence-corrected chi connectivity index (χ4v) is 5.05. The number of carbonyl (C=O) groups is 1. The number of aryl methyl sites for hydroxylation is 2. The summed E-state index contributed by atoms with van der Waals surface area (Å²) >= 11 is 0. The number of nitrogens with zero attached hydrogens (tertiary/aromatic N) is 6. The lowest BCUT2D eigenvalue weighted by molar-refractivity contribution is 0.0539. The van der Waals surface area contributed by atoms with E-state index >= 15 is 0 Å². The minimum Gasteiger partial charge on any atom is -0.326 e. The van der Waals surface area contributed by atoms with Gasteiger partial charge in [-0.1, -0.05) is 6.92 Å². The van der Waals surface area contributed by atoms with Gasteiger partial charge in [0.1, 0.15) is 0 Å². The first kappa shape index (κ1) is 22.1. The van der Waals surface area contributed by atoms with Crippen molar-refractivity contribution >= 4 is 16.9 Å². The minimum absolute atomic E-state index is 0.205. The van der Waals surface area contributed by atoms with Crippen molar-refractivity contribution in [3.8, 4) is 11.3 Å². The Bertz CT molecular complexity index is 1420. The first-order valence-electron chi connectivity index (χ1n) is 11.0. The molecule has 3 aromatic heterocycles. The van der Waals surface area contributed by atoms with Crippen LogP contribution in [0.3, 0.4) is 0 Å². The van der Waals surface area contributed by atoms with Gasteiger partial charge in [-0.2, -0.15) is 10.2 Å². The summed E-state index contributed by atoms with van der Waals surface area (Å²) in [5.41, 5.74) is 3.11. The lowest BCUT2D eigenvalue weighted by Crippen LogP contribution is -2.46. The molecule has 4 heterocycles. The van der Waals surface area contributed by atoms with Gasteiger partial charge in [0.2, 0.25) is 0 Å². The fourth-order valence-electron chi connectivity index (χ4n) is 5.05. The van der Waals surface area contributed by atoms with Gasteiger partial charge in [-0.15, -0.1) is 0 Å². The Balaban J connectivity index is 1.61. The highest BCUT2D eigenvalue weighted by atomic mass is 19.2. The molecule has 176 valence electrons. The van der Waals surface area contributed by atoms with E-state index in [9.17, 15) is 18.0 Å². The second-order valence-electron chi connectivity index (χ2n) is 8.63. The van der Waals surface area contributed by atoms with E-state index in [1.807, 2.05) is 19.9 Å². The predicted octanol–water partition coefficient (Wildman–Crippen LogP) is 4.32. The summed E-state index contributed by atoms with van der Waals surface area (Å²) in [5.74, 6) is -4.25. The van der Waals surface area contributed by atoms with Crippen LogP contribution in [0, 0.1) is 17.5 Å². The maximum atomic E-state index is 14.0. The number of hydrogen-bond acceptors (Lipinski definition) is 4. The van der Waals surface area contributed by atoms with E-state index in [0.717, 1.165) is 17.7 Å². The molecule has 0 aliphatic carbocycles. The van der Waals surface area contributed by atoms with Crippen molar-refractivity contribution < 1.29 is 18.0 Å². The van der Waals surface area contributed by atoms with Crippen LogP contribution in [0.1, 0.15) is 48.1 Å². The average molecular weight is 468 g/mol. The number of pyridine rings is 1. The van der Waals surface area contributed by atoms with Crippen LogP contribution in [0.2, 0.25) is 0 Å². The SMILES string of the molecule is CCC1c2nn(C)c(-c3cc(F)c(F)c(F)c3)c2CC(C)N1C(=O)c1nn(C)c2ncccc12. The number of carbonyl (C=O) groups excluding carboxylic acids is 1. The molecule has 7 nitrogen and oxygen atoms in total. The molecule has 1 aliphatic heterocycles. The molecule has 4 aromatic rings. The number of fused-ring (bicyclic) bond motifs is 2. The third kappa shape index (κ3) is 3.19. The van der Waals surface area contributed by atoms with Crippen molar-refractivity contribution in [3.63, 3.8) is 0 Å². The quantitative estimate of drug-likeness (QED) is 0.420. The molecule has 1 amide bonds. The molecular formula is C24H23F3N6O. The van der Waals surface area contributed by atoms with Crippen LogP contribution in [0.4, 0.5) is 13.2 Å². The van der Waals surface area contributed by atoms with Gasteiger partial charge >= 0.3 is 0 Å². The number of hydrogen-bond donors (Lipinski definition) is 0. The topological polar surface area (TPSA) is 68.8 Å². The molecule has 1 aliphatic rings. The van der Waals surface area contributed by atoms with E-state index in [-0.39, 0.29) is 23.6 Å². The summed E-state index contributed by atoms with van der Waals surface area (Å²) in [6.45, 7) is 3.88. The maximum absolute atomic E-state index is 14.0. The largest absolute Gasteiger partial charge is 0.326 e. The highest BCUT2D eigenvalue weighted by molar-refractivity contribution is 6.04. The molecule has 2 atom stereocenters. The van der Waals surface area contributed by atoms with Crippen molar-refractivity contribution in [3.05, 3.63) is 64.9 Å². The van der Waals surface area contributed by atoms with E-state index in [4.69, 9.17) is 0 Å². The molecule has 1 aromatic carbocycles. The molecular weight excluding hydrogens is 445 g/mol. The molecule has 0 saturated carbocycles. The molecule has 0 radical (unpaired) electrons. The number of amides is 1. The van der Waals surface area contributed by atoms with Gasteiger partial charge in [0.05, 0.1) is 22.8 Å². The van der Waals surface area contributed by atoms with E-state index < -0.39 is 17.5 Å². The Kier molecular flexibility index (Phi) is 5.18. The zero-order chi connectivity index (χ0) is 24.3. The predicted molar refractivity (Wildman–Crippen MR) is 119 cm³/mol. The normalized spacial score (nSPS) is 17.9. The summed E-state index contributed by atoms with van der Waals surface area (Å²) < 4.78 is 44.7. The van der Waals surface area contributed by atoms with Gasteiger partial charge in [-0.05, 0) is 44.0 Å². The monoisotopic (exact) mass is 468 g/mol. The molecule has 2 unspecified atom stereocenters. The van der Waals surface area contributed by atoms with Gasteiger partial charge in [0.25, 0.3) is 5.91 Å². The Labute approximate surface area is 193 Å². The number of rotatable bonds is 3. The smallest absolute Gasteiger partial charge is 0.275 e. The Morgan fingerprint density at radius 1 is 1.12 bits per heavy atom. The number of halogens is 3. The van der Waals surface area contributed by atoms with E-state index in [0.29, 0.717) is 41.0 Å². The number of benzene rings is 1. The lowest BCUT2D eigenvalue weighted by Gasteiger charge is -2.39. The van der Waals surface area contributed by atoms with Crippen molar-refractivity contribution in [1.29, 1.82) is 0 Å². The summed E-state index contributed by atoms with van der Waals surface area (Å²) in [7, 11) is 3.42. The van der Waals surface area contributed by atoms with Gasteiger partial charge in [0, 0.05) is 37.5 Å². The van der Waals surface area contributed by atoms with E-state index in [1.54, 1.807) is 40.6 Å². The van der Waals surface area contributed by atoms with Crippen LogP contribution in [0.25, 0.3) is 22.3 Å². The molecule has 0 spiro atoms. The first-order valence-corrected chi connectivity index (χ1v) is 11.0. The van der Waals surface area contributed by atoms with E-state index in [2.05, 4.69) is 15.2 Å². The fraction of sp³-hybridized carbons (Fsp3) is 0.333. The van der Waals surface area contributed by atoms with Gasteiger partial charge in [-0.3, -0.25) is 9.48 Å². The van der Waals surface area contributed by atoms with Gasteiger partial charge < -0.3 is 4.90 Å². The summed E-state index contributed by atoms with van der Waals surface area (Å²) in [4.78, 5) is 19.8. The molecule has 0 bridgehead atoms. The zero-order valence-electron chi connectivity index (χ0n) is 19.2. The zero-order valence-corrected chi connectivity index (χ0v) is 19.2. The third-order valence-electron chi connectivity index (χ3n) is 6.48. The van der Waals surface area contributed by atoms with Gasteiger partial charge in [0.15, 0.2) is 28.8 Å². The molecule has 0 saturated heterocycles. The summed E-state index contributed by atoms with van der Waals surface area (Å²) in [5, 5.41) is 9.74. The van der Waals surface area contributed by atoms with Crippen LogP contribution < -0.4 is 0 Å². The maximum Gasteiger partial charge on any atom is 0.275 e. The van der Waals surface area contributed by atoms with E-state index in [1.165, 1.54) is 0 Å². The van der Waals surface area contributed by atoms with Crippen molar-refractivity contribution in [2.75, 3.05) is 0 Å². The average Bonchev–Trinajstić information content (AvgIpc) is 3.32. The molecule has 34 heavy (non-hydrogen) atoms. The Hall–Kier alpha value is -3.69. The van der Waals surface area contributed by atoms with Crippen LogP contribution in [-0.2, 0) is 20.5 Å². The van der Waals surface area contributed by atoms with Crippen molar-refractivity contribution in [2.45, 2.75) is 38.8 Å². The first-order chi connectivity index (χ1) is 16.2. The van der Waals surface area contributed by atoms with Crippen LogP contribution >= 0.6 is 0 Å². The third-order valence-corrected chi connectivity index (χ3v) is 6.48. The van der Waals surface area contributed by atoms with Crippen LogP contribution in [-0.4, -0.2) is 41.4 Å². The van der Waals surface area contributed by atoms with Crippen molar-refractivity contribution in [2.24, 2.45) is 14.1 Å². The molecule has 10 heteroatoms. The summed E-state index contributed by atoms with van der Waals surface area (Å²) in [6.07, 6.45) is 2.65. The highest BCUT2D eigenvalue weighted by Gasteiger charge is 2.40. The standard InChI is InChI=1S/C24H23F3N6O/c1-5-18-20-15(22(31(3)29-20)13-10-16(25)19(27)17(26)11-13)9-12(2)33(18)24(34)21-14-7-6-8-28-23(14)32(4)30-21/h6-8,10-12,18H,5,9H2,1-4H3. The van der Waals surface area contributed by atoms with Crippen molar-refractivity contribution in [1.82, 2.24) is 29.4 Å². The molecule has 5 rings (SSSR count). The lowest BCUT2D eigenvalue weighted by atomic mass is 9.89. The molecule has 0 fully saturated rings. The second-order valence-corrected chi connectivity index (χ2v) is 8.63. The molecule has 0 N–H and O–H groups in total. The Morgan fingerprint density at radius 2 is 1.82 bits per heavy atom. The van der Waals surface area contributed by atoms with Crippen LogP contribution in [0.15, 0.2) is 30.5 Å². The number of aromatic nitrogens is 5. The highest BCUT2D eigenvalue weighted by Crippen LogP contribution is 2.41. The van der Waals surface area contributed by atoms with Crippen LogP contribution in [0.5, 0.6) is 0 Å². The second kappa shape index (κ2) is 7.96. The Morgan fingerprint density at radius 3 is 2.50 bits per heavy atom. The summed E-state index contributed by atoms with van der Waals surface area (Å²) in [6, 6.07) is 4.94. The van der Waals surface area contributed by atoms with Gasteiger partial charge in [-0.25, -0.2) is 22.8 Å².